The van der Waals surface area contributed by atoms with Crippen molar-refractivity contribution in [2.24, 2.45) is 4.40 Å². The van der Waals surface area contributed by atoms with Crippen molar-refractivity contribution < 1.29 is 17.9 Å². The van der Waals surface area contributed by atoms with Gasteiger partial charge in [0, 0.05) is 14.3 Å². The van der Waals surface area contributed by atoms with E-state index in [0.717, 1.165) is 0 Å². The first-order chi connectivity index (χ1) is 10.5. The second-order valence-electron chi connectivity index (χ2n) is 6.91. The van der Waals surface area contributed by atoms with Crippen molar-refractivity contribution in [2.75, 3.05) is 12.9 Å². The minimum Gasteiger partial charge on any atom is -0.493 e. The van der Waals surface area contributed by atoms with Crippen LogP contribution in [-0.2, 0) is 10.0 Å². The van der Waals surface area contributed by atoms with Gasteiger partial charge in [-0.2, -0.15) is 4.40 Å². The van der Waals surface area contributed by atoms with Gasteiger partial charge in [0.25, 0.3) is 10.0 Å². The average Bonchev–Trinajstić information content (AvgIpc) is 2.43. The van der Waals surface area contributed by atoms with Gasteiger partial charge in [-0.3, -0.25) is 0 Å². The van der Waals surface area contributed by atoms with Crippen molar-refractivity contribution >= 4 is 24.3 Å². The number of methoxy groups -OCH3 is 1. The maximum absolute atomic E-state index is 12.0. The predicted molar refractivity (Wildman–Crippen MR) is 98.3 cm³/mol. The molecule has 0 unspecified atom stereocenters. The number of hydrogen-bond acceptors (Lipinski definition) is 4. The standard InChI is InChI=1S/C16H27NO4SSi/c1-13(2)21-15-8-7-14(11-16(15)20-3)12-17-22(18,19)9-10-23(4,5)6/h7-8,11-13H,9-10H2,1-6H3/b17-12+. The van der Waals surface area contributed by atoms with Gasteiger partial charge in [-0.25, -0.2) is 8.42 Å². The minimum atomic E-state index is -3.43. The summed E-state index contributed by atoms with van der Waals surface area (Å²) in [6, 6.07) is 5.94. The third kappa shape index (κ3) is 7.65. The van der Waals surface area contributed by atoms with E-state index in [1.165, 1.54) is 6.21 Å². The highest BCUT2D eigenvalue weighted by atomic mass is 32.2. The topological polar surface area (TPSA) is 65.0 Å². The van der Waals surface area contributed by atoms with E-state index in [1.54, 1.807) is 25.3 Å². The summed E-state index contributed by atoms with van der Waals surface area (Å²) in [5.74, 6) is 1.29. The second kappa shape index (κ2) is 7.96. The first-order valence-electron chi connectivity index (χ1n) is 7.65. The van der Waals surface area contributed by atoms with E-state index in [2.05, 4.69) is 24.0 Å². The number of benzene rings is 1. The number of ether oxygens (including phenoxy) is 2. The summed E-state index contributed by atoms with van der Waals surface area (Å²) in [4.78, 5) is 0. The van der Waals surface area contributed by atoms with E-state index in [0.29, 0.717) is 23.1 Å². The third-order valence-corrected chi connectivity index (χ3v) is 6.28. The van der Waals surface area contributed by atoms with Gasteiger partial charge in [-0.05, 0) is 43.7 Å². The number of sulfonamides is 1. The van der Waals surface area contributed by atoms with Gasteiger partial charge in [0.1, 0.15) is 0 Å². The quantitative estimate of drug-likeness (QED) is 0.527. The van der Waals surface area contributed by atoms with Gasteiger partial charge < -0.3 is 9.47 Å². The first-order valence-corrected chi connectivity index (χ1v) is 13.0. The predicted octanol–water partition coefficient (Wildman–Crippen LogP) is 3.57. The lowest BCUT2D eigenvalue weighted by atomic mass is 10.2. The molecule has 1 rings (SSSR count). The lowest BCUT2D eigenvalue weighted by molar-refractivity contribution is 0.230. The molecule has 0 fully saturated rings. The lowest BCUT2D eigenvalue weighted by Gasteiger charge is -2.14. The Balaban J connectivity index is 2.87. The highest BCUT2D eigenvalue weighted by Crippen LogP contribution is 2.28. The summed E-state index contributed by atoms with van der Waals surface area (Å²) < 4.78 is 38.7. The van der Waals surface area contributed by atoms with E-state index in [9.17, 15) is 8.42 Å². The van der Waals surface area contributed by atoms with Crippen LogP contribution in [0.5, 0.6) is 11.5 Å². The molecule has 1 aromatic carbocycles. The van der Waals surface area contributed by atoms with Crippen LogP contribution < -0.4 is 9.47 Å². The van der Waals surface area contributed by atoms with Crippen molar-refractivity contribution in [3.63, 3.8) is 0 Å². The fourth-order valence-electron chi connectivity index (χ4n) is 1.74. The fraction of sp³-hybridized carbons (Fsp3) is 0.562. The van der Waals surface area contributed by atoms with Crippen molar-refractivity contribution in [2.45, 2.75) is 45.6 Å². The minimum absolute atomic E-state index is 0.0327. The maximum Gasteiger partial charge on any atom is 0.252 e. The van der Waals surface area contributed by atoms with Crippen LogP contribution in [-0.4, -0.2) is 41.7 Å². The van der Waals surface area contributed by atoms with Crippen LogP contribution in [0.25, 0.3) is 0 Å². The van der Waals surface area contributed by atoms with Crippen molar-refractivity contribution in [3.8, 4) is 11.5 Å². The zero-order chi connectivity index (χ0) is 17.7. The second-order valence-corrected chi connectivity index (χ2v) is 14.3. The van der Waals surface area contributed by atoms with E-state index < -0.39 is 18.1 Å². The normalized spacial score (nSPS) is 12.8. The van der Waals surface area contributed by atoms with Crippen LogP contribution in [0.2, 0.25) is 25.7 Å². The van der Waals surface area contributed by atoms with Crippen molar-refractivity contribution in [1.82, 2.24) is 0 Å². The summed E-state index contributed by atoms with van der Waals surface area (Å²) >= 11 is 0. The van der Waals surface area contributed by atoms with Crippen molar-refractivity contribution in [3.05, 3.63) is 23.8 Å². The van der Waals surface area contributed by atoms with Crippen LogP contribution in [0.1, 0.15) is 19.4 Å². The Bertz CT molecular complexity index is 649. The zero-order valence-corrected chi connectivity index (χ0v) is 16.6. The molecule has 5 nitrogen and oxygen atoms in total. The Kier molecular flexibility index (Phi) is 6.82. The van der Waals surface area contributed by atoms with Gasteiger partial charge in [-0.1, -0.05) is 19.6 Å². The average molecular weight is 358 g/mol. The Labute approximate surface area is 140 Å². The molecule has 0 atom stereocenters. The smallest absolute Gasteiger partial charge is 0.252 e. The van der Waals surface area contributed by atoms with Gasteiger partial charge in [0.2, 0.25) is 0 Å². The molecule has 0 N–H and O–H groups in total. The molecule has 0 aliphatic carbocycles. The Morgan fingerprint density at radius 3 is 2.39 bits per heavy atom. The van der Waals surface area contributed by atoms with E-state index >= 15 is 0 Å². The van der Waals surface area contributed by atoms with Gasteiger partial charge >= 0.3 is 0 Å². The van der Waals surface area contributed by atoms with E-state index in [1.807, 2.05) is 13.8 Å². The molecule has 0 bridgehead atoms. The number of nitrogens with zero attached hydrogens (tertiary/aromatic N) is 1. The highest BCUT2D eigenvalue weighted by Gasteiger charge is 2.18. The Morgan fingerprint density at radius 2 is 1.87 bits per heavy atom. The molecule has 0 spiro atoms. The molecule has 0 aliphatic heterocycles. The summed E-state index contributed by atoms with van der Waals surface area (Å²) in [5.41, 5.74) is 0.662. The van der Waals surface area contributed by atoms with Crippen LogP contribution in [0.4, 0.5) is 0 Å². The summed E-state index contributed by atoms with van der Waals surface area (Å²) in [7, 11) is -3.28. The third-order valence-electron chi connectivity index (χ3n) is 3.02. The summed E-state index contributed by atoms with van der Waals surface area (Å²) in [5, 5.41) is 0. The van der Waals surface area contributed by atoms with Gasteiger partial charge in [0.15, 0.2) is 11.5 Å². The molecular formula is C16H27NO4SSi. The fourth-order valence-corrected chi connectivity index (χ4v) is 5.61. The van der Waals surface area contributed by atoms with Crippen molar-refractivity contribution in [1.29, 1.82) is 0 Å². The summed E-state index contributed by atoms with van der Waals surface area (Å²) in [6.07, 6.45) is 1.40. The Hall–Kier alpha value is -1.34. The first kappa shape index (κ1) is 19.7. The number of hydrogen-bond donors (Lipinski definition) is 0. The van der Waals surface area contributed by atoms with Crippen LogP contribution in [0.15, 0.2) is 22.6 Å². The van der Waals surface area contributed by atoms with Crippen LogP contribution in [0, 0.1) is 0 Å². The van der Waals surface area contributed by atoms with Gasteiger partial charge in [-0.15, -0.1) is 0 Å². The molecule has 0 radical (unpaired) electrons. The molecule has 0 saturated carbocycles. The monoisotopic (exact) mass is 357 g/mol. The van der Waals surface area contributed by atoms with E-state index in [-0.39, 0.29) is 11.9 Å². The van der Waals surface area contributed by atoms with E-state index in [4.69, 9.17) is 9.47 Å². The molecule has 1 aromatic rings. The molecular weight excluding hydrogens is 330 g/mol. The highest BCUT2D eigenvalue weighted by molar-refractivity contribution is 7.90. The molecule has 0 amide bonds. The molecule has 23 heavy (non-hydrogen) atoms. The largest absolute Gasteiger partial charge is 0.493 e. The van der Waals surface area contributed by atoms with Crippen LogP contribution in [0.3, 0.4) is 0 Å². The molecule has 7 heteroatoms. The molecule has 0 aliphatic rings. The maximum atomic E-state index is 12.0. The zero-order valence-electron chi connectivity index (χ0n) is 14.8. The molecule has 0 saturated heterocycles. The molecule has 0 heterocycles. The lowest BCUT2D eigenvalue weighted by Crippen LogP contribution is -2.23. The Morgan fingerprint density at radius 1 is 1.22 bits per heavy atom. The molecule has 130 valence electrons. The summed E-state index contributed by atoms with van der Waals surface area (Å²) in [6.45, 7) is 10.3. The van der Waals surface area contributed by atoms with Crippen LogP contribution >= 0.6 is 0 Å². The number of rotatable bonds is 8. The SMILES string of the molecule is COc1cc(/C=N/S(=O)(=O)CC[Si](C)(C)C)ccc1OC(C)C. The van der Waals surface area contributed by atoms with Gasteiger partial charge in [0.05, 0.1) is 19.0 Å². The molecule has 0 aromatic heterocycles.